The van der Waals surface area contributed by atoms with Gasteiger partial charge in [0.15, 0.2) is 0 Å². The van der Waals surface area contributed by atoms with Crippen molar-refractivity contribution in [3.05, 3.63) is 54.1 Å². The lowest BCUT2D eigenvalue weighted by Gasteiger charge is -2.19. The normalized spacial score (nSPS) is 16.6. The van der Waals surface area contributed by atoms with Crippen molar-refractivity contribution in [1.29, 1.82) is 0 Å². The fraction of sp³-hybridized carbons (Fsp3) is 0.333. The summed E-state index contributed by atoms with van der Waals surface area (Å²) in [6, 6.07) is 13.0. The Morgan fingerprint density at radius 2 is 1.58 bits per heavy atom. The minimum absolute atomic E-state index is 0.00501. The zero-order valence-electron chi connectivity index (χ0n) is 18.3. The van der Waals surface area contributed by atoms with Gasteiger partial charge in [0.05, 0.1) is 7.11 Å². The number of methoxy groups -OCH3 is 1. The van der Waals surface area contributed by atoms with Crippen molar-refractivity contribution in [2.75, 3.05) is 24.3 Å². The number of carbonyl (C=O) groups excluding carboxylic acids is 4. The fourth-order valence-electron chi connectivity index (χ4n) is 4.22. The molecule has 2 aromatic carbocycles. The molecule has 0 aromatic heterocycles. The van der Waals surface area contributed by atoms with E-state index in [9.17, 15) is 19.2 Å². The molecular formula is C24H26N4O5. The summed E-state index contributed by atoms with van der Waals surface area (Å²) in [5, 5.41) is 8.33. The molecule has 0 bridgehead atoms. The highest BCUT2D eigenvalue weighted by Crippen LogP contribution is 2.35. The summed E-state index contributed by atoms with van der Waals surface area (Å²) in [4.78, 5) is 50.7. The summed E-state index contributed by atoms with van der Waals surface area (Å²) in [6.07, 6.45) is 3.12. The van der Waals surface area contributed by atoms with E-state index in [1.807, 2.05) is 0 Å². The molecule has 1 saturated carbocycles. The van der Waals surface area contributed by atoms with Crippen LogP contribution in [0.2, 0.25) is 0 Å². The monoisotopic (exact) mass is 450 g/mol. The topological polar surface area (TPSA) is 117 Å². The summed E-state index contributed by atoms with van der Waals surface area (Å²) in [7, 11) is 1.57. The van der Waals surface area contributed by atoms with Crippen molar-refractivity contribution in [2.45, 2.75) is 37.6 Å². The third-order valence-electron chi connectivity index (χ3n) is 6.04. The second-order valence-electron chi connectivity index (χ2n) is 8.23. The number of anilines is 2. The number of hydrogen-bond acceptors (Lipinski definition) is 5. The predicted octanol–water partition coefficient (Wildman–Crippen LogP) is 3.14. The van der Waals surface area contributed by atoms with Crippen LogP contribution in [0.5, 0.6) is 5.75 Å². The molecule has 1 spiro atoms. The molecule has 4 rings (SSSR count). The Bertz CT molecular complexity index is 1060. The quantitative estimate of drug-likeness (QED) is 0.561. The second kappa shape index (κ2) is 9.32. The van der Waals surface area contributed by atoms with Crippen LogP contribution in [0.3, 0.4) is 0 Å². The van der Waals surface area contributed by atoms with Crippen molar-refractivity contribution < 1.29 is 23.9 Å². The molecule has 2 fully saturated rings. The average molecular weight is 450 g/mol. The zero-order valence-corrected chi connectivity index (χ0v) is 18.3. The number of ether oxygens (including phenoxy) is 1. The van der Waals surface area contributed by atoms with Gasteiger partial charge in [0.2, 0.25) is 5.91 Å². The summed E-state index contributed by atoms with van der Waals surface area (Å²) in [5.41, 5.74) is 0.823. The van der Waals surface area contributed by atoms with Crippen molar-refractivity contribution >= 4 is 35.1 Å². The van der Waals surface area contributed by atoms with Crippen LogP contribution in [0.15, 0.2) is 48.5 Å². The van der Waals surface area contributed by atoms with Crippen LogP contribution in [-0.2, 0) is 9.59 Å². The van der Waals surface area contributed by atoms with Crippen LogP contribution in [0.4, 0.5) is 16.2 Å². The molecule has 172 valence electrons. The Balaban J connectivity index is 1.28. The van der Waals surface area contributed by atoms with Gasteiger partial charge in [0.25, 0.3) is 11.8 Å². The number of carbonyl (C=O) groups is 4. The highest BCUT2D eigenvalue weighted by atomic mass is 16.5. The van der Waals surface area contributed by atoms with E-state index in [4.69, 9.17) is 4.74 Å². The Labute approximate surface area is 191 Å². The summed E-state index contributed by atoms with van der Waals surface area (Å²) < 4.78 is 5.10. The molecular weight excluding hydrogens is 424 g/mol. The van der Waals surface area contributed by atoms with E-state index in [2.05, 4.69) is 16.0 Å². The first-order valence-electron chi connectivity index (χ1n) is 10.9. The van der Waals surface area contributed by atoms with Gasteiger partial charge >= 0.3 is 6.03 Å². The number of hydrogen-bond donors (Lipinski definition) is 3. The van der Waals surface area contributed by atoms with Gasteiger partial charge in [0, 0.05) is 29.9 Å². The Morgan fingerprint density at radius 1 is 0.970 bits per heavy atom. The minimum Gasteiger partial charge on any atom is -0.497 e. The smallest absolute Gasteiger partial charge is 0.325 e. The molecule has 9 heteroatoms. The maximum atomic E-state index is 12.6. The Morgan fingerprint density at radius 3 is 2.21 bits per heavy atom. The minimum atomic E-state index is -0.768. The first-order valence-corrected chi connectivity index (χ1v) is 10.9. The highest BCUT2D eigenvalue weighted by Gasteiger charge is 2.52. The molecule has 9 nitrogen and oxygen atoms in total. The van der Waals surface area contributed by atoms with Gasteiger partial charge in [-0.3, -0.25) is 19.3 Å². The van der Waals surface area contributed by atoms with Crippen LogP contribution in [-0.4, -0.2) is 47.8 Å². The van der Waals surface area contributed by atoms with Crippen LogP contribution in [0.1, 0.15) is 42.5 Å². The highest BCUT2D eigenvalue weighted by molar-refractivity contribution is 6.07. The largest absolute Gasteiger partial charge is 0.497 e. The predicted molar refractivity (Wildman–Crippen MR) is 122 cm³/mol. The van der Waals surface area contributed by atoms with Gasteiger partial charge in [0.1, 0.15) is 11.3 Å². The molecule has 2 aromatic rings. The van der Waals surface area contributed by atoms with Crippen molar-refractivity contribution in [2.24, 2.45) is 0 Å². The molecule has 3 N–H and O–H groups in total. The first-order chi connectivity index (χ1) is 15.9. The van der Waals surface area contributed by atoms with E-state index in [1.165, 1.54) is 0 Å². The number of nitrogens with zero attached hydrogens (tertiary/aromatic N) is 1. The number of imide groups is 1. The molecule has 0 radical (unpaired) electrons. The zero-order chi connectivity index (χ0) is 23.4. The molecule has 2 aliphatic rings. The second-order valence-corrected chi connectivity index (χ2v) is 8.23. The fourth-order valence-corrected chi connectivity index (χ4v) is 4.22. The summed E-state index contributed by atoms with van der Waals surface area (Å²) >= 11 is 0. The van der Waals surface area contributed by atoms with E-state index in [0.29, 0.717) is 35.5 Å². The maximum Gasteiger partial charge on any atom is 0.325 e. The van der Waals surface area contributed by atoms with Gasteiger partial charge in [-0.2, -0.15) is 0 Å². The number of benzene rings is 2. The van der Waals surface area contributed by atoms with E-state index in [0.717, 1.165) is 17.7 Å². The van der Waals surface area contributed by atoms with E-state index < -0.39 is 11.6 Å². The molecule has 5 amide bonds. The molecule has 0 unspecified atom stereocenters. The summed E-state index contributed by atoms with van der Waals surface area (Å²) in [6.45, 7) is 0.0284. The lowest BCUT2D eigenvalue weighted by molar-refractivity contribution is -0.131. The van der Waals surface area contributed by atoms with Crippen molar-refractivity contribution in [3.8, 4) is 5.75 Å². The maximum absolute atomic E-state index is 12.6. The molecule has 1 heterocycles. The van der Waals surface area contributed by atoms with E-state index >= 15 is 0 Å². The average Bonchev–Trinajstić information content (AvgIpc) is 3.38. The van der Waals surface area contributed by atoms with Crippen LogP contribution in [0.25, 0.3) is 0 Å². The van der Waals surface area contributed by atoms with E-state index in [-0.39, 0.29) is 30.7 Å². The van der Waals surface area contributed by atoms with Crippen LogP contribution >= 0.6 is 0 Å². The van der Waals surface area contributed by atoms with Crippen molar-refractivity contribution in [3.63, 3.8) is 0 Å². The number of amides is 5. The molecule has 1 saturated heterocycles. The van der Waals surface area contributed by atoms with Crippen LogP contribution < -0.4 is 20.7 Å². The van der Waals surface area contributed by atoms with Crippen molar-refractivity contribution in [1.82, 2.24) is 10.2 Å². The molecule has 1 aliphatic carbocycles. The lowest BCUT2D eigenvalue weighted by Crippen LogP contribution is -2.44. The number of urea groups is 1. The summed E-state index contributed by atoms with van der Waals surface area (Å²) in [5.74, 6) is -0.137. The first kappa shape index (κ1) is 22.3. The Kier molecular flexibility index (Phi) is 6.30. The van der Waals surface area contributed by atoms with Gasteiger partial charge in [-0.15, -0.1) is 0 Å². The van der Waals surface area contributed by atoms with Gasteiger partial charge in [-0.05, 0) is 61.4 Å². The van der Waals surface area contributed by atoms with Gasteiger partial charge in [-0.25, -0.2) is 4.79 Å². The Hall–Kier alpha value is -3.88. The van der Waals surface area contributed by atoms with Crippen LogP contribution in [0, 0.1) is 0 Å². The molecule has 33 heavy (non-hydrogen) atoms. The lowest BCUT2D eigenvalue weighted by atomic mass is 9.98. The molecule has 0 atom stereocenters. The number of rotatable bonds is 7. The molecule has 1 aliphatic heterocycles. The SMILES string of the molecule is COc1ccc(NC(=O)c2ccc(NC(=O)CCN3C(=O)NC4(CCCC4)C3=O)cc2)cc1. The standard InChI is InChI=1S/C24H26N4O5/c1-33-19-10-8-18(9-11-19)26-21(30)16-4-6-17(7-5-16)25-20(29)12-15-28-22(31)24(27-23(28)32)13-2-3-14-24/h4-11H,2-3,12-15H2,1H3,(H,25,29)(H,26,30)(H,27,32). The van der Waals surface area contributed by atoms with Gasteiger partial charge in [-0.1, -0.05) is 12.8 Å². The van der Waals surface area contributed by atoms with E-state index in [1.54, 1.807) is 55.6 Å². The third-order valence-corrected chi connectivity index (χ3v) is 6.04. The van der Waals surface area contributed by atoms with Gasteiger partial charge < -0.3 is 20.7 Å². The third kappa shape index (κ3) is 4.82. The number of nitrogens with one attached hydrogen (secondary N) is 3.